The van der Waals surface area contributed by atoms with Gasteiger partial charge in [-0.1, -0.05) is 12.8 Å². The van der Waals surface area contributed by atoms with Crippen LogP contribution in [0.2, 0.25) is 0 Å². The van der Waals surface area contributed by atoms with E-state index in [2.05, 4.69) is 4.18 Å². The number of hydrogen-bond acceptors (Lipinski definition) is 7. The van der Waals surface area contributed by atoms with Crippen molar-refractivity contribution in [1.82, 2.24) is 0 Å². The number of hydrogen-bond donors (Lipinski definition) is 1. The molecule has 0 aliphatic rings. The van der Waals surface area contributed by atoms with Gasteiger partial charge >= 0.3 is 18.3 Å². The van der Waals surface area contributed by atoms with Crippen LogP contribution in [0.4, 0.5) is 0 Å². The predicted octanol–water partition coefficient (Wildman–Crippen LogP) is 1.71. The van der Waals surface area contributed by atoms with Gasteiger partial charge in [-0.25, -0.2) is 0 Å². The lowest BCUT2D eigenvalue weighted by Gasteiger charge is -2.01. The molecule has 0 aromatic carbocycles. The molecule has 0 fully saturated rings. The molecule has 0 rings (SSSR count). The Labute approximate surface area is 110 Å². The predicted molar refractivity (Wildman–Crippen MR) is 70.9 cm³/mol. The summed E-state index contributed by atoms with van der Waals surface area (Å²) < 4.78 is 55.1. The molecule has 0 radical (unpaired) electrons. The maximum Gasteiger partial charge on any atom is 0.321 e. The van der Waals surface area contributed by atoms with E-state index in [4.69, 9.17) is 4.55 Å². The van der Waals surface area contributed by atoms with Gasteiger partial charge in [0, 0.05) is 11.5 Å². The smallest absolute Gasteiger partial charge is 0.277 e. The Kier molecular flexibility index (Phi) is 8.86. The Bertz CT molecular complexity index is 387. The van der Waals surface area contributed by atoms with Crippen molar-refractivity contribution in [3.8, 4) is 0 Å². The minimum absolute atomic E-state index is 0.350. The summed E-state index contributed by atoms with van der Waals surface area (Å²) in [5.41, 5.74) is 0. The molecule has 0 bridgehead atoms. The molecule has 0 unspecified atom stereocenters. The van der Waals surface area contributed by atoms with Gasteiger partial charge < -0.3 is 0 Å². The van der Waals surface area contributed by atoms with Crippen LogP contribution in [0.3, 0.4) is 0 Å². The van der Waals surface area contributed by atoms with Gasteiger partial charge in [0.05, 0.1) is 7.11 Å². The molecule has 1 N–H and O–H groups in total. The third-order valence-corrected chi connectivity index (χ3v) is 6.78. The van der Waals surface area contributed by atoms with Crippen molar-refractivity contribution in [3.05, 3.63) is 0 Å². The standard InChI is InChI=1S/C7H16O6S4/c1-13-17(11,12)15-7-5-3-2-4-6-14-16(8,9)10/h2-7H2,1H3,(H,8,9,10). The lowest BCUT2D eigenvalue weighted by Crippen LogP contribution is -1.97. The van der Waals surface area contributed by atoms with Crippen LogP contribution in [0.15, 0.2) is 0 Å². The molecule has 0 saturated carbocycles. The van der Waals surface area contributed by atoms with Crippen LogP contribution in [-0.4, -0.2) is 40.0 Å². The third kappa shape index (κ3) is 12.8. The summed E-state index contributed by atoms with van der Waals surface area (Å²) in [6, 6.07) is 0. The zero-order valence-corrected chi connectivity index (χ0v) is 12.6. The first-order valence-electron chi connectivity index (χ1n) is 4.83. The highest BCUT2D eigenvalue weighted by Crippen LogP contribution is 2.17. The first-order valence-corrected chi connectivity index (χ1v) is 10.7. The fourth-order valence-electron chi connectivity index (χ4n) is 0.931. The third-order valence-electron chi connectivity index (χ3n) is 1.70. The van der Waals surface area contributed by atoms with E-state index in [1.165, 1.54) is 0 Å². The highest BCUT2D eigenvalue weighted by molar-refractivity contribution is 8.70. The van der Waals surface area contributed by atoms with E-state index in [9.17, 15) is 16.8 Å². The molecule has 0 heterocycles. The normalized spacial score (nSPS) is 12.8. The summed E-state index contributed by atoms with van der Waals surface area (Å²) in [4.78, 5) is 0. The fraction of sp³-hybridized carbons (Fsp3) is 1.00. The molecule has 0 aromatic heterocycles. The second-order valence-electron chi connectivity index (χ2n) is 3.06. The minimum atomic E-state index is -3.93. The second-order valence-corrected chi connectivity index (χ2v) is 10.3. The summed E-state index contributed by atoms with van der Waals surface area (Å²) in [5.74, 6) is 0.809. The molecule has 6 nitrogen and oxygen atoms in total. The van der Waals surface area contributed by atoms with Gasteiger partial charge in [-0.2, -0.15) is 16.8 Å². The van der Waals surface area contributed by atoms with Crippen LogP contribution in [0.1, 0.15) is 25.7 Å². The summed E-state index contributed by atoms with van der Waals surface area (Å²) in [6.45, 7) is 0. The monoisotopic (exact) mass is 324 g/mol. The first-order chi connectivity index (χ1) is 7.77. The lowest BCUT2D eigenvalue weighted by molar-refractivity contribution is 0.413. The SMILES string of the molecule is COS(=O)(=O)SCCCCCCSS(=O)(=O)O. The van der Waals surface area contributed by atoms with Gasteiger partial charge in [-0.05, 0) is 34.4 Å². The van der Waals surface area contributed by atoms with Crippen molar-refractivity contribution in [2.24, 2.45) is 0 Å². The maximum atomic E-state index is 10.9. The summed E-state index contributed by atoms with van der Waals surface area (Å²) in [6.07, 6.45) is 3.02. The molecule has 0 saturated heterocycles. The average molecular weight is 324 g/mol. The van der Waals surface area contributed by atoms with E-state index in [1.807, 2.05) is 0 Å². The largest absolute Gasteiger partial charge is 0.321 e. The first kappa shape index (κ1) is 17.5. The summed E-state index contributed by atoms with van der Waals surface area (Å²) in [5, 5.41) is 0. The molecule has 17 heavy (non-hydrogen) atoms. The van der Waals surface area contributed by atoms with Crippen LogP contribution in [0, 0.1) is 0 Å². The average Bonchev–Trinajstić information content (AvgIpc) is 2.20. The Morgan fingerprint density at radius 1 is 0.941 bits per heavy atom. The van der Waals surface area contributed by atoms with E-state index < -0.39 is 18.3 Å². The van der Waals surface area contributed by atoms with E-state index in [1.54, 1.807) is 0 Å². The molecule has 10 heteroatoms. The molecule has 0 spiro atoms. The van der Waals surface area contributed by atoms with Crippen LogP contribution < -0.4 is 0 Å². The lowest BCUT2D eigenvalue weighted by atomic mass is 10.2. The van der Waals surface area contributed by atoms with Gasteiger partial charge in [-0.3, -0.25) is 8.74 Å². The molecule has 0 amide bonds. The van der Waals surface area contributed by atoms with Crippen molar-refractivity contribution < 1.29 is 25.6 Å². The Morgan fingerprint density at radius 2 is 1.41 bits per heavy atom. The minimum Gasteiger partial charge on any atom is -0.277 e. The van der Waals surface area contributed by atoms with Gasteiger partial charge in [-0.15, -0.1) is 0 Å². The van der Waals surface area contributed by atoms with Crippen molar-refractivity contribution in [2.75, 3.05) is 18.6 Å². The summed E-state index contributed by atoms with van der Waals surface area (Å²) >= 11 is 0. The molecule has 0 aromatic rings. The van der Waals surface area contributed by atoms with Crippen molar-refractivity contribution in [1.29, 1.82) is 0 Å². The van der Waals surface area contributed by atoms with Crippen molar-refractivity contribution in [2.45, 2.75) is 25.7 Å². The van der Waals surface area contributed by atoms with E-state index in [-0.39, 0.29) is 0 Å². The number of rotatable bonds is 10. The zero-order valence-electron chi connectivity index (χ0n) is 9.36. The van der Waals surface area contributed by atoms with Crippen LogP contribution >= 0.6 is 21.6 Å². The van der Waals surface area contributed by atoms with Crippen LogP contribution in [0.25, 0.3) is 0 Å². The van der Waals surface area contributed by atoms with E-state index in [0.29, 0.717) is 28.7 Å². The quantitative estimate of drug-likeness (QED) is 0.368. The van der Waals surface area contributed by atoms with Gasteiger partial charge in [0.15, 0.2) is 0 Å². The highest BCUT2D eigenvalue weighted by Gasteiger charge is 2.08. The fourth-order valence-corrected chi connectivity index (χ4v) is 4.33. The van der Waals surface area contributed by atoms with Crippen molar-refractivity contribution >= 4 is 39.9 Å². The second kappa shape index (κ2) is 8.59. The topological polar surface area (TPSA) is 97.7 Å². The number of unbranched alkanes of at least 4 members (excludes halogenated alkanes) is 3. The molecular weight excluding hydrogens is 308 g/mol. The molecule has 0 aliphatic heterocycles. The van der Waals surface area contributed by atoms with Crippen molar-refractivity contribution in [3.63, 3.8) is 0 Å². The molecule has 104 valence electrons. The van der Waals surface area contributed by atoms with Gasteiger partial charge in [0.25, 0.3) is 0 Å². The van der Waals surface area contributed by atoms with Gasteiger partial charge in [0.1, 0.15) is 0 Å². The Morgan fingerprint density at radius 3 is 1.82 bits per heavy atom. The van der Waals surface area contributed by atoms with E-state index in [0.717, 1.165) is 37.2 Å². The highest BCUT2D eigenvalue weighted by atomic mass is 33.2. The summed E-state index contributed by atoms with van der Waals surface area (Å²) in [7, 11) is -4.98. The van der Waals surface area contributed by atoms with Crippen LogP contribution in [-0.2, 0) is 22.5 Å². The molecular formula is C7H16O6S4. The maximum absolute atomic E-state index is 10.9. The van der Waals surface area contributed by atoms with Crippen LogP contribution in [0.5, 0.6) is 0 Å². The van der Waals surface area contributed by atoms with E-state index >= 15 is 0 Å². The Balaban J connectivity index is 3.37. The Hall–Kier alpha value is 0.520. The molecule has 0 aliphatic carbocycles. The van der Waals surface area contributed by atoms with Gasteiger partial charge in [0.2, 0.25) is 0 Å². The zero-order chi connectivity index (χ0) is 13.4. The molecule has 0 atom stereocenters.